The van der Waals surface area contributed by atoms with E-state index in [1.807, 2.05) is 0 Å². The molecule has 1 N–H and O–H groups in total. The molecule has 2 nitrogen and oxygen atoms in total. The Balaban J connectivity index is 1.66. The molecule has 0 radical (unpaired) electrons. The van der Waals surface area contributed by atoms with Crippen molar-refractivity contribution in [1.29, 1.82) is 0 Å². The standard InChI is InChI=1S/C16H28BrNO/c17-11-14-8-5-9-15(14)12-18-16(19)10-13-6-3-1-2-4-7-13/h13-15H,1-12H2,(H,18,19). The summed E-state index contributed by atoms with van der Waals surface area (Å²) in [4.78, 5) is 12.1. The number of carbonyl (C=O) groups excluding carboxylic acids is 1. The van der Waals surface area contributed by atoms with E-state index in [4.69, 9.17) is 0 Å². The summed E-state index contributed by atoms with van der Waals surface area (Å²) >= 11 is 3.60. The van der Waals surface area contributed by atoms with E-state index in [1.165, 1.54) is 57.8 Å². The minimum absolute atomic E-state index is 0.298. The molecule has 2 rings (SSSR count). The van der Waals surface area contributed by atoms with Crippen LogP contribution in [0.15, 0.2) is 0 Å². The normalized spacial score (nSPS) is 29.1. The van der Waals surface area contributed by atoms with Crippen molar-refractivity contribution in [3.63, 3.8) is 0 Å². The minimum atomic E-state index is 0.298. The topological polar surface area (TPSA) is 29.1 Å². The number of carbonyl (C=O) groups is 1. The molecule has 2 aliphatic carbocycles. The summed E-state index contributed by atoms with van der Waals surface area (Å²) in [6, 6.07) is 0. The van der Waals surface area contributed by atoms with Gasteiger partial charge in [-0.1, -0.05) is 48.0 Å². The van der Waals surface area contributed by atoms with Crippen LogP contribution in [0, 0.1) is 17.8 Å². The Morgan fingerprint density at radius 1 is 0.947 bits per heavy atom. The van der Waals surface area contributed by atoms with Crippen molar-refractivity contribution in [3.8, 4) is 0 Å². The zero-order chi connectivity index (χ0) is 13.5. The van der Waals surface area contributed by atoms with Gasteiger partial charge in [-0.3, -0.25) is 4.79 Å². The number of hydrogen-bond donors (Lipinski definition) is 1. The van der Waals surface area contributed by atoms with Gasteiger partial charge < -0.3 is 5.32 Å². The molecule has 2 saturated carbocycles. The molecule has 0 heterocycles. The van der Waals surface area contributed by atoms with Gasteiger partial charge in [-0.15, -0.1) is 0 Å². The highest BCUT2D eigenvalue weighted by molar-refractivity contribution is 9.09. The SMILES string of the molecule is O=C(CC1CCCCCC1)NCC1CCCC1CBr. The van der Waals surface area contributed by atoms with E-state index in [9.17, 15) is 4.79 Å². The van der Waals surface area contributed by atoms with Crippen LogP contribution in [0.5, 0.6) is 0 Å². The van der Waals surface area contributed by atoms with Gasteiger partial charge in [-0.25, -0.2) is 0 Å². The lowest BCUT2D eigenvalue weighted by Crippen LogP contribution is -2.32. The van der Waals surface area contributed by atoms with Crippen molar-refractivity contribution in [3.05, 3.63) is 0 Å². The van der Waals surface area contributed by atoms with E-state index >= 15 is 0 Å². The Morgan fingerprint density at radius 2 is 1.63 bits per heavy atom. The molecular formula is C16H28BrNO. The van der Waals surface area contributed by atoms with Crippen molar-refractivity contribution in [1.82, 2.24) is 5.32 Å². The quantitative estimate of drug-likeness (QED) is 0.592. The van der Waals surface area contributed by atoms with Crippen LogP contribution in [0.25, 0.3) is 0 Å². The number of rotatable bonds is 5. The van der Waals surface area contributed by atoms with E-state index < -0.39 is 0 Å². The first-order valence-electron chi connectivity index (χ1n) is 8.12. The molecule has 110 valence electrons. The molecule has 2 fully saturated rings. The van der Waals surface area contributed by atoms with Crippen LogP contribution in [-0.2, 0) is 4.79 Å². The second-order valence-electron chi connectivity index (χ2n) is 6.47. The van der Waals surface area contributed by atoms with Gasteiger partial charge in [-0.2, -0.15) is 0 Å². The zero-order valence-electron chi connectivity index (χ0n) is 12.0. The number of alkyl halides is 1. The first kappa shape index (κ1) is 15.3. The number of amides is 1. The lowest BCUT2D eigenvalue weighted by Gasteiger charge is -2.19. The van der Waals surface area contributed by atoms with Gasteiger partial charge in [0.25, 0.3) is 0 Å². The summed E-state index contributed by atoms with van der Waals surface area (Å²) in [6.45, 7) is 0.905. The van der Waals surface area contributed by atoms with Crippen LogP contribution < -0.4 is 5.32 Å². The van der Waals surface area contributed by atoms with E-state index in [0.29, 0.717) is 17.7 Å². The van der Waals surface area contributed by atoms with Crippen LogP contribution in [0.3, 0.4) is 0 Å². The Labute approximate surface area is 126 Å². The Kier molecular flexibility index (Phi) is 6.69. The largest absolute Gasteiger partial charge is 0.356 e. The maximum Gasteiger partial charge on any atom is 0.220 e. The molecule has 19 heavy (non-hydrogen) atoms. The maximum atomic E-state index is 12.1. The van der Waals surface area contributed by atoms with Crippen molar-refractivity contribution in [2.24, 2.45) is 17.8 Å². The summed E-state index contributed by atoms with van der Waals surface area (Å²) in [5.41, 5.74) is 0. The summed E-state index contributed by atoms with van der Waals surface area (Å²) in [5.74, 6) is 2.43. The summed E-state index contributed by atoms with van der Waals surface area (Å²) in [5, 5.41) is 4.29. The second-order valence-corrected chi connectivity index (χ2v) is 7.12. The molecule has 0 spiro atoms. The molecule has 2 atom stereocenters. The summed E-state index contributed by atoms with van der Waals surface area (Å²) < 4.78 is 0. The smallest absolute Gasteiger partial charge is 0.220 e. The number of nitrogens with one attached hydrogen (secondary N) is 1. The molecule has 1 amide bonds. The third-order valence-corrected chi connectivity index (χ3v) is 5.86. The van der Waals surface area contributed by atoms with Gasteiger partial charge in [0, 0.05) is 18.3 Å². The molecule has 0 aromatic rings. The van der Waals surface area contributed by atoms with Crippen LogP contribution in [0.4, 0.5) is 0 Å². The molecular weight excluding hydrogens is 302 g/mol. The first-order chi connectivity index (χ1) is 9.29. The van der Waals surface area contributed by atoms with Gasteiger partial charge in [0.1, 0.15) is 0 Å². The first-order valence-corrected chi connectivity index (χ1v) is 9.24. The third kappa shape index (κ3) is 5.09. The average Bonchev–Trinajstić information content (AvgIpc) is 2.72. The Morgan fingerprint density at radius 3 is 2.32 bits per heavy atom. The second kappa shape index (κ2) is 8.28. The number of halogens is 1. The van der Waals surface area contributed by atoms with Crippen molar-refractivity contribution < 1.29 is 4.79 Å². The zero-order valence-corrected chi connectivity index (χ0v) is 13.6. The molecule has 0 aliphatic heterocycles. The van der Waals surface area contributed by atoms with Crippen molar-refractivity contribution in [2.75, 3.05) is 11.9 Å². The summed E-state index contributed by atoms with van der Waals surface area (Å²) in [7, 11) is 0. The fourth-order valence-electron chi connectivity index (χ4n) is 3.73. The van der Waals surface area contributed by atoms with Gasteiger partial charge in [-0.05, 0) is 43.4 Å². The molecule has 0 saturated heterocycles. The fraction of sp³-hybridized carbons (Fsp3) is 0.938. The lowest BCUT2D eigenvalue weighted by atomic mass is 9.95. The molecule has 2 aliphatic rings. The van der Waals surface area contributed by atoms with Crippen LogP contribution in [0.2, 0.25) is 0 Å². The van der Waals surface area contributed by atoms with Gasteiger partial charge in [0.15, 0.2) is 0 Å². The Bertz CT molecular complexity index is 274. The average molecular weight is 330 g/mol. The van der Waals surface area contributed by atoms with E-state index in [2.05, 4.69) is 21.2 Å². The monoisotopic (exact) mass is 329 g/mol. The van der Waals surface area contributed by atoms with Gasteiger partial charge >= 0.3 is 0 Å². The van der Waals surface area contributed by atoms with Crippen LogP contribution >= 0.6 is 15.9 Å². The molecule has 0 aromatic heterocycles. The van der Waals surface area contributed by atoms with Gasteiger partial charge in [0.2, 0.25) is 5.91 Å². The predicted molar refractivity (Wildman–Crippen MR) is 83.4 cm³/mol. The van der Waals surface area contributed by atoms with E-state index in [1.54, 1.807) is 0 Å². The van der Waals surface area contributed by atoms with E-state index in [0.717, 1.165) is 24.2 Å². The highest BCUT2D eigenvalue weighted by atomic mass is 79.9. The van der Waals surface area contributed by atoms with Crippen LogP contribution in [-0.4, -0.2) is 17.8 Å². The number of hydrogen-bond acceptors (Lipinski definition) is 1. The van der Waals surface area contributed by atoms with Crippen LogP contribution in [0.1, 0.15) is 64.2 Å². The summed E-state index contributed by atoms with van der Waals surface area (Å²) in [6.07, 6.45) is 12.6. The highest BCUT2D eigenvalue weighted by Gasteiger charge is 2.26. The highest BCUT2D eigenvalue weighted by Crippen LogP contribution is 2.32. The van der Waals surface area contributed by atoms with Crippen molar-refractivity contribution >= 4 is 21.8 Å². The lowest BCUT2D eigenvalue weighted by molar-refractivity contribution is -0.122. The van der Waals surface area contributed by atoms with Crippen molar-refractivity contribution in [2.45, 2.75) is 64.2 Å². The van der Waals surface area contributed by atoms with Gasteiger partial charge in [0.05, 0.1) is 0 Å². The fourth-order valence-corrected chi connectivity index (χ4v) is 4.59. The predicted octanol–water partition coefficient (Wildman–Crippen LogP) is 4.27. The molecule has 3 heteroatoms. The Hall–Kier alpha value is -0.0500. The third-order valence-electron chi connectivity index (χ3n) is 5.02. The molecule has 0 bridgehead atoms. The molecule has 2 unspecified atom stereocenters. The minimum Gasteiger partial charge on any atom is -0.356 e. The van der Waals surface area contributed by atoms with E-state index in [-0.39, 0.29) is 0 Å². The molecule has 0 aromatic carbocycles. The maximum absolute atomic E-state index is 12.1.